The second-order valence-corrected chi connectivity index (χ2v) is 16.0. The van der Waals surface area contributed by atoms with E-state index in [9.17, 15) is 19.2 Å². The average molecular weight is 751 g/mol. The molecule has 2 aliphatic rings. The molecule has 2 aliphatic heterocycles. The summed E-state index contributed by atoms with van der Waals surface area (Å²) < 4.78 is 9.51. The quantitative estimate of drug-likeness (QED) is 0.137. The number of carbonyl (C=O) groups is 4. The normalized spacial score (nSPS) is 18.5. The van der Waals surface area contributed by atoms with E-state index < -0.39 is 24.3 Å². The monoisotopic (exact) mass is 750 g/mol. The van der Waals surface area contributed by atoms with E-state index in [1.807, 2.05) is 49.9 Å². The number of H-pyrrole nitrogens is 2. The molecule has 0 bridgehead atoms. The SMILES string of the molecule is COC(=O)N[C@@H](C(=O)N1CCC[C@H]1c1ncc(-c2ccc(-c3ccc(-c4cnc([C@@H]5CCCN5C(=O)[C@H](NC(=O)OC)C(C)C)[nH]4)s3)s2)[nH]1)C(C)C. The Morgan fingerprint density at radius 1 is 0.692 bits per heavy atom. The topological polar surface area (TPSA) is 175 Å². The van der Waals surface area contributed by atoms with E-state index in [1.54, 1.807) is 22.7 Å². The number of nitrogens with zero attached hydrogens (tertiary/aromatic N) is 4. The largest absolute Gasteiger partial charge is 0.453 e. The van der Waals surface area contributed by atoms with Gasteiger partial charge >= 0.3 is 12.2 Å². The lowest BCUT2D eigenvalue weighted by Crippen LogP contribution is -2.51. The van der Waals surface area contributed by atoms with Gasteiger partial charge in [0.15, 0.2) is 0 Å². The van der Waals surface area contributed by atoms with Crippen LogP contribution in [0.3, 0.4) is 0 Å². The third kappa shape index (κ3) is 7.72. The van der Waals surface area contributed by atoms with Crippen LogP contribution in [0, 0.1) is 11.8 Å². The molecule has 16 heteroatoms. The van der Waals surface area contributed by atoms with Gasteiger partial charge in [-0.1, -0.05) is 27.7 Å². The van der Waals surface area contributed by atoms with Crippen molar-refractivity contribution in [3.05, 3.63) is 48.3 Å². The molecule has 4 aromatic rings. The third-order valence-corrected chi connectivity index (χ3v) is 12.1. The van der Waals surface area contributed by atoms with E-state index in [0.717, 1.165) is 68.2 Å². The van der Waals surface area contributed by atoms with E-state index in [-0.39, 0.29) is 35.7 Å². The number of amides is 4. The molecule has 4 amide bonds. The van der Waals surface area contributed by atoms with Gasteiger partial charge in [0, 0.05) is 22.8 Å². The summed E-state index contributed by atoms with van der Waals surface area (Å²) in [5.74, 6) is 0.968. The van der Waals surface area contributed by atoms with Gasteiger partial charge in [-0.3, -0.25) is 9.59 Å². The number of rotatable bonds is 11. The van der Waals surface area contributed by atoms with Crippen molar-refractivity contribution in [2.45, 2.75) is 77.5 Å². The summed E-state index contributed by atoms with van der Waals surface area (Å²) in [6.07, 6.45) is 5.64. The highest BCUT2D eigenvalue weighted by atomic mass is 32.1. The van der Waals surface area contributed by atoms with E-state index in [1.165, 1.54) is 14.2 Å². The van der Waals surface area contributed by atoms with Crippen molar-refractivity contribution in [1.82, 2.24) is 40.4 Å². The number of thiophene rings is 2. The molecule has 6 rings (SSSR count). The smallest absolute Gasteiger partial charge is 0.407 e. The zero-order chi connectivity index (χ0) is 37.1. The first-order chi connectivity index (χ1) is 25.0. The van der Waals surface area contributed by atoms with Gasteiger partial charge in [-0.15, -0.1) is 22.7 Å². The van der Waals surface area contributed by atoms with Gasteiger partial charge in [0.1, 0.15) is 23.7 Å². The maximum absolute atomic E-state index is 13.5. The Hall–Kier alpha value is -4.70. The summed E-state index contributed by atoms with van der Waals surface area (Å²) in [7, 11) is 2.58. The van der Waals surface area contributed by atoms with Gasteiger partial charge in [-0.2, -0.15) is 0 Å². The van der Waals surface area contributed by atoms with Crippen LogP contribution in [0.2, 0.25) is 0 Å². The predicted molar refractivity (Wildman–Crippen MR) is 199 cm³/mol. The Kier molecular flexibility index (Phi) is 11.3. The number of imidazole rings is 2. The molecule has 0 radical (unpaired) electrons. The van der Waals surface area contributed by atoms with Gasteiger partial charge in [-0.05, 0) is 61.8 Å². The number of hydrogen-bond donors (Lipinski definition) is 4. The van der Waals surface area contributed by atoms with Crippen molar-refractivity contribution < 1.29 is 28.7 Å². The van der Waals surface area contributed by atoms with E-state index >= 15 is 0 Å². The molecule has 4 aromatic heterocycles. The molecular formula is C36H46N8O6S2. The Bertz CT molecular complexity index is 1760. The molecule has 4 N–H and O–H groups in total. The minimum atomic E-state index is -0.688. The average Bonchev–Trinajstić information content (AvgIpc) is 3.98. The van der Waals surface area contributed by atoms with Crippen molar-refractivity contribution in [2.75, 3.05) is 27.3 Å². The molecule has 0 unspecified atom stereocenters. The molecule has 2 saturated heterocycles. The Morgan fingerprint density at radius 3 is 1.44 bits per heavy atom. The predicted octanol–water partition coefficient (Wildman–Crippen LogP) is 6.35. The maximum Gasteiger partial charge on any atom is 0.407 e. The van der Waals surface area contributed by atoms with Crippen LogP contribution in [0.4, 0.5) is 9.59 Å². The summed E-state index contributed by atoms with van der Waals surface area (Å²) in [6.45, 7) is 8.79. The van der Waals surface area contributed by atoms with Crippen LogP contribution in [-0.2, 0) is 19.1 Å². The molecule has 0 aromatic carbocycles. The molecule has 0 spiro atoms. The molecular weight excluding hydrogens is 705 g/mol. The van der Waals surface area contributed by atoms with Crippen LogP contribution >= 0.6 is 22.7 Å². The van der Waals surface area contributed by atoms with Gasteiger partial charge in [0.05, 0.1) is 59.8 Å². The second kappa shape index (κ2) is 15.9. The number of aromatic nitrogens is 4. The number of hydrogen-bond acceptors (Lipinski definition) is 10. The molecule has 14 nitrogen and oxygen atoms in total. The number of ether oxygens (including phenoxy) is 2. The fraction of sp³-hybridized carbons (Fsp3) is 0.500. The van der Waals surface area contributed by atoms with Crippen LogP contribution in [0.1, 0.15) is 77.1 Å². The molecule has 278 valence electrons. The molecule has 52 heavy (non-hydrogen) atoms. The van der Waals surface area contributed by atoms with Crippen molar-refractivity contribution in [3.63, 3.8) is 0 Å². The number of methoxy groups -OCH3 is 2. The van der Waals surface area contributed by atoms with Crippen LogP contribution in [0.5, 0.6) is 0 Å². The number of carbonyl (C=O) groups excluding carboxylic acids is 4. The maximum atomic E-state index is 13.5. The highest BCUT2D eigenvalue weighted by Crippen LogP contribution is 2.41. The van der Waals surface area contributed by atoms with E-state index in [0.29, 0.717) is 13.1 Å². The molecule has 4 atom stereocenters. The van der Waals surface area contributed by atoms with Crippen molar-refractivity contribution in [3.8, 4) is 30.9 Å². The Labute approximate surface area is 310 Å². The lowest BCUT2D eigenvalue weighted by Gasteiger charge is -2.30. The first-order valence-corrected chi connectivity index (χ1v) is 19.2. The van der Waals surface area contributed by atoms with Crippen molar-refractivity contribution >= 4 is 46.7 Å². The lowest BCUT2D eigenvalue weighted by molar-refractivity contribution is -0.136. The lowest BCUT2D eigenvalue weighted by atomic mass is 10.0. The molecule has 2 fully saturated rings. The van der Waals surface area contributed by atoms with E-state index in [4.69, 9.17) is 9.47 Å². The highest BCUT2D eigenvalue weighted by Gasteiger charge is 2.39. The third-order valence-electron chi connectivity index (χ3n) is 9.66. The number of likely N-dealkylation sites (tertiary alicyclic amines) is 2. The summed E-state index contributed by atoms with van der Waals surface area (Å²) >= 11 is 3.31. The summed E-state index contributed by atoms with van der Waals surface area (Å²) in [6, 6.07) is 6.55. The van der Waals surface area contributed by atoms with Gasteiger partial charge < -0.3 is 39.9 Å². The van der Waals surface area contributed by atoms with Crippen LogP contribution in [0.25, 0.3) is 30.9 Å². The molecule has 6 heterocycles. The fourth-order valence-corrected chi connectivity index (χ4v) is 8.91. The number of aromatic amines is 2. The highest BCUT2D eigenvalue weighted by molar-refractivity contribution is 7.25. The van der Waals surface area contributed by atoms with Crippen LogP contribution < -0.4 is 10.6 Å². The van der Waals surface area contributed by atoms with Crippen LogP contribution in [-0.4, -0.2) is 93.1 Å². The zero-order valence-electron chi connectivity index (χ0n) is 30.2. The Morgan fingerprint density at radius 2 is 1.08 bits per heavy atom. The summed E-state index contributed by atoms with van der Waals surface area (Å²) in [4.78, 5) is 75.2. The van der Waals surface area contributed by atoms with Crippen LogP contribution in [0.15, 0.2) is 36.7 Å². The number of alkyl carbamates (subject to hydrolysis) is 2. The van der Waals surface area contributed by atoms with Gasteiger partial charge in [0.2, 0.25) is 11.8 Å². The molecule has 0 aliphatic carbocycles. The first kappa shape index (κ1) is 37.1. The summed E-state index contributed by atoms with van der Waals surface area (Å²) in [5.41, 5.74) is 1.76. The minimum Gasteiger partial charge on any atom is -0.453 e. The van der Waals surface area contributed by atoms with Gasteiger partial charge in [-0.25, -0.2) is 19.6 Å². The standard InChI is InChI=1S/C36H46N8O6S2/c1-19(2)29(41-35(47)49-5)33(45)43-15-7-9-23(43)31-37-17-21(39-31)25-11-13-27(51-25)28-14-12-26(52-28)22-18-38-32(40-22)24-10-8-16-44(24)34(46)30(20(3)4)42-36(48)50-6/h11-14,17-20,23-24,29-30H,7-10,15-16H2,1-6H3,(H,37,39)(H,38,40)(H,41,47)(H,42,48)/t23-,24-,29+,30+/m0/s1. The van der Waals surface area contributed by atoms with E-state index in [2.05, 4.69) is 54.8 Å². The molecule has 0 saturated carbocycles. The first-order valence-electron chi connectivity index (χ1n) is 17.6. The second-order valence-electron chi connectivity index (χ2n) is 13.8. The van der Waals surface area contributed by atoms with Gasteiger partial charge in [0.25, 0.3) is 0 Å². The summed E-state index contributed by atoms with van der Waals surface area (Å²) in [5, 5.41) is 5.39. The minimum absolute atomic E-state index is 0.105. The Balaban J connectivity index is 1.13. The van der Waals surface area contributed by atoms with Crippen molar-refractivity contribution in [1.29, 1.82) is 0 Å². The fourth-order valence-electron chi connectivity index (χ4n) is 6.88. The van der Waals surface area contributed by atoms with Crippen molar-refractivity contribution in [2.24, 2.45) is 11.8 Å². The zero-order valence-corrected chi connectivity index (χ0v) is 31.9. The number of nitrogens with one attached hydrogen (secondary N) is 4.